The highest BCUT2D eigenvalue weighted by molar-refractivity contribution is 6.39. The third kappa shape index (κ3) is 4.95. The second kappa shape index (κ2) is 9.33. The third-order valence-corrected chi connectivity index (χ3v) is 3.82. The summed E-state index contributed by atoms with van der Waals surface area (Å²) in [5.41, 5.74) is -0.399. The first-order chi connectivity index (χ1) is 12.9. The number of nitrogens with one attached hydrogen (secondary N) is 1. The molecular weight excluding hydrogens is 399 g/mol. The van der Waals surface area contributed by atoms with Gasteiger partial charge in [-0.25, -0.2) is 14.3 Å². The van der Waals surface area contributed by atoms with Crippen molar-refractivity contribution in [2.75, 3.05) is 18.5 Å². The fraction of sp³-hybridized carbons (Fsp3) is 0.312. The van der Waals surface area contributed by atoms with Crippen LogP contribution < -0.4 is 5.32 Å². The Labute approximate surface area is 164 Å². The number of esters is 2. The van der Waals surface area contributed by atoms with Gasteiger partial charge < -0.3 is 14.8 Å². The van der Waals surface area contributed by atoms with E-state index in [0.717, 1.165) is 4.68 Å². The van der Waals surface area contributed by atoms with E-state index in [0.29, 0.717) is 0 Å². The smallest absolute Gasteiger partial charge is 0.361 e. The normalized spacial score (nSPS) is 10.4. The molecule has 0 saturated heterocycles. The molecule has 144 valence electrons. The molecule has 27 heavy (non-hydrogen) atoms. The maximum absolute atomic E-state index is 12.3. The fourth-order valence-corrected chi connectivity index (χ4v) is 2.59. The van der Waals surface area contributed by atoms with E-state index in [2.05, 4.69) is 15.6 Å². The lowest BCUT2D eigenvalue weighted by Gasteiger charge is -2.10. The largest absolute Gasteiger partial charge is 0.461 e. The average molecular weight is 415 g/mol. The maximum Gasteiger partial charge on any atom is 0.361 e. The van der Waals surface area contributed by atoms with Crippen molar-refractivity contribution in [1.29, 1.82) is 0 Å². The first-order valence-corrected chi connectivity index (χ1v) is 8.66. The van der Waals surface area contributed by atoms with Gasteiger partial charge in [0, 0.05) is 0 Å². The number of ether oxygens (including phenoxy) is 2. The summed E-state index contributed by atoms with van der Waals surface area (Å²) in [5, 5.41) is 10.3. The van der Waals surface area contributed by atoms with Gasteiger partial charge in [-0.05, 0) is 26.0 Å². The van der Waals surface area contributed by atoms with Crippen molar-refractivity contribution in [3.05, 3.63) is 39.6 Å². The zero-order chi connectivity index (χ0) is 20.0. The highest BCUT2D eigenvalue weighted by Gasteiger charge is 2.28. The maximum atomic E-state index is 12.3. The molecule has 0 bridgehead atoms. The lowest BCUT2D eigenvalue weighted by Crippen LogP contribution is -2.24. The number of hydrogen-bond donors (Lipinski definition) is 1. The molecule has 0 saturated carbocycles. The zero-order valence-corrected chi connectivity index (χ0v) is 16.0. The summed E-state index contributed by atoms with van der Waals surface area (Å²) >= 11 is 12.0. The monoisotopic (exact) mass is 414 g/mol. The Kier molecular flexibility index (Phi) is 7.14. The van der Waals surface area contributed by atoms with Crippen molar-refractivity contribution in [2.45, 2.75) is 20.4 Å². The molecule has 1 aromatic carbocycles. The lowest BCUT2D eigenvalue weighted by atomic mass is 10.3. The van der Waals surface area contributed by atoms with Gasteiger partial charge in [0.25, 0.3) is 0 Å². The number of carbonyl (C=O) groups is 3. The van der Waals surface area contributed by atoms with Gasteiger partial charge in [0.05, 0.1) is 28.9 Å². The standard InChI is InChI=1S/C16H16Cl2N4O5/c1-3-26-15(24)13-14(16(25)27-4-2)22(21-20-13)8-11(23)19-12-9(17)6-5-7-10(12)18/h5-7H,3-4,8H2,1-2H3,(H,19,23). The van der Waals surface area contributed by atoms with Crippen LogP contribution in [0.3, 0.4) is 0 Å². The number of para-hydroxylation sites is 1. The molecule has 9 nitrogen and oxygen atoms in total. The van der Waals surface area contributed by atoms with Gasteiger partial charge in [-0.1, -0.05) is 34.5 Å². The van der Waals surface area contributed by atoms with Gasteiger partial charge in [-0.2, -0.15) is 0 Å². The highest BCUT2D eigenvalue weighted by Crippen LogP contribution is 2.29. The van der Waals surface area contributed by atoms with E-state index in [-0.39, 0.29) is 40.3 Å². The quantitative estimate of drug-likeness (QED) is 0.692. The molecule has 0 aliphatic heterocycles. The molecule has 1 aromatic heterocycles. The molecule has 1 heterocycles. The minimum absolute atomic E-state index is 0.0632. The summed E-state index contributed by atoms with van der Waals surface area (Å²) in [6.07, 6.45) is 0. The molecule has 2 rings (SSSR count). The van der Waals surface area contributed by atoms with Crippen LogP contribution in [0.25, 0.3) is 0 Å². The number of benzene rings is 1. The van der Waals surface area contributed by atoms with Crippen molar-refractivity contribution in [3.63, 3.8) is 0 Å². The molecule has 0 aliphatic rings. The van der Waals surface area contributed by atoms with E-state index in [1.54, 1.807) is 32.0 Å². The molecule has 0 unspecified atom stereocenters. The topological polar surface area (TPSA) is 112 Å². The number of rotatable bonds is 7. The van der Waals surface area contributed by atoms with Crippen LogP contribution in [0.2, 0.25) is 10.0 Å². The molecule has 0 fully saturated rings. The molecule has 1 amide bonds. The minimum atomic E-state index is -0.853. The molecule has 0 atom stereocenters. The Bertz CT molecular complexity index is 848. The van der Waals surface area contributed by atoms with Crippen LogP contribution in [0, 0.1) is 0 Å². The Hall–Kier alpha value is -2.65. The second-order valence-electron chi connectivity index (χ2n) is 5.03. The number of aromatic nitrogens is 3. The van der Waals surface area contributed by atoms with E-state index in [1.165, 1.54) is 0 Å². The molecule has 0 radical (unpaired) electrons. The van der Waals surface area contributed by atoms with E-state index in [9.17, 15) is 14.4 Å². The van der Waals surface area contributed by atoms with Crippen LogP contribution in [0.1, 0.15) is 34.8 Å². The Morgan fingerprint density at radius 1 is 1.07 bits per heavy atom. The van der Waals surface area contributed by atoms with Crippen LogP contribution in [0.4, 0.5) is 5.69 Å². The SMILES string of the molecule is CCOC(=O)c1nnn(CC(=O)Nc2c(Cl)cccc2Cl)c1C(=O)OCC. The van der Waals surface area contributed by atoms with Gasteiger partial charge in [-0.3, -0.25) is 4.79 Å². The number of amides is 1. The Morgan fingerprint density at radius 2 is 1.67 bits per heavy atom. The van der Waals surface area contributed by atoms with Gasteiger partial charge in [0.15, 0.2) is 5.69 Å². The van der Waals surface area contributed by atoms with Crippen molar-refractivity contribution in [3.8, 4) is 0 Å². The minimum Gasteiger partial charge on any atom is -0.461 e. The van der Waals surface area contributed by atoms with Crippen LogP contribution >= 0.6 is 23.2 Å². The van der Waals surface area contributed by atoms with Gasteiger partial charge in [-0.15, -0.1) is 5.10 Å². The predicted molar refractivity (Wildman–Crippen MR) is 97.0 cm³/mol. The van der Waals surface area contributed by atoms with Crippen LogP contribution in [-0.2, 0) is 20.8 Å². The van der Waals surface area contributed by atoms with Gasteiger partial charge in [0.1, 0.15) is 6.54 Å². The van der Waals surface area contributed by atoms with E-state index >= 15 is 0 Å². The van der Waals surface area contributed by atoms with Crippen molar-refractivity contribution >= 4 is 46.7 Å². The Balaban J connectivity index is 2.28. The average Bonchev–Trinajstić information content (AvgIpc) is 3.02. The van der Waals surface area contributed by atoms with Crippen LogP contribution in [0.15, 0.2) is 18.2 Å². The van der Waals surface area contributed by atoms with Crippen molar-refractivity contribution in [2.24, 2.45) is 0 Å². The number of anilines is 1. The fourth-order valence-electron chi connectivity index (χ4n) is 2.09. The molecule has 11 heteroatoms. The summed E-state index contributed by atoms with van der Waals surface area (Å²) in [5.74, 6) is -2.29. The van der Waals surface area contributed by atoms with Crippen LogP contribution in [0.5, 0.6) is 0 Å². The number of hydrogen-bond acceptors (Lipinski definition) is 7. The molecule has 2 aromatic rings. The number of nitrogens with zero attached hydrogens (tertiary/aromatic N) is 3. The molecule has 0 spiro atoms. The predicted octanol–water partition coefficient (Wildman–Crippen LogP) is 2.58. The Morgan fingerprint density at radius 3 is 2.26 bits per heavy atom. The first kappa shape index (κ1) is 20.7. The van der Waals surface area contributed by atoms with Gasteiger partial charge >= 0.3 is 11.9 Å². The summed E-state index contributed by atoms with van der Waals surface area (Å²) in [4.78, 5) is 36.5. The van der Waals surface area contributed by atoms with Crippen molar-refractivity contribution in [1.82, 2.24) is 15.0 Å². The number of carbonyl (C=O) groups excluding carboxylic acids is 3. The van der Waals surface area contributed by atoms with Gasteiger partial charge in [0.2, 0.25) is 11.6 Å². The van der Waals surface area contributed by atoms with E-state index in [1.807, 2.05) is 0 Å². The highest BCUT2D eigenvalue weighted by atomic mass is 35.5. The lowest BCUT2D eigenvalue weighted by molar-refractivity contribution is -0.116. The molecular formula is C16H16Cl2N4O5. The first-order valence-electron chi connectivity index (χ1n) is 7.90. The van der Waals surface area contributed by atoms with Crippen LogP contribution in [-0.4, -0.2) is 46.1 Å². The summed E-state index contributed by atoms with van der Waals surface area (Å²) < 4.78 is 10.7. The van der Waals surface area contributed by atoms with Crippen molar-refractivity contribution < 1.29 is 23.9 Å². The zero-order valence-electron chi connectivity index (χ0n) is 14.5. The van der Waals surface area contributed by atoms with E-state index in [4.69, 9.17) is 32.7 Å². The second-order valence-corrected chi connectivity index (χ2v) is 5.84. The summed E-state index contributed by atoms with van der Waals surface area (Å²) in [6.45, 7) is 2.92. The third-order valence-electron chi connectivity index (χ3n) is 3.19. The molecule has 1 N–H and O–H groups in total. The van der Waals surface area contributed by atoms with E-state index < -0.39 is 24.4 Å². The summed E-state index contributed by atoms with van der Waals surface area (Å²) in [6, 6.07) is 4.74. The number of halogens is 2. The summed E-state index contributed by atoms with van der Waals surface area (Å²) in [7, 11) is 0. The molecule has 0 aliphatic carbocycles.